The van der Waals surface area contributed by atoms with Gasteiger partial charge in [-0.25, -0.2) is 9.97 Å². The fourth-order valence-corrected chi connectivity index (χ4v) is 5.46. The predicted octanol–water partition coefficient (Wildman–Crippen LogP) is -0.926. The molecule has 1 saturated heterocycles. The number of likely N-dealkylation sites (tertiary alicyclic amines) is 1. The number of carbonyl (C=O) groups is 2. The first kappa shape index (κ1) is 36.4. The van der Waals surface area contributed by atoms with Crippen molar-refractivity contribution in [2.45, 2.75) is 50.9 Å². The minimum atomic E-state index is -1.47. The van der Waals surface area contributed by atoms with Crippen molar-refractivity contribution in [2.75, 3.05) is 63.9 Å². The van der Waals surface area contributed by atoms with E-state index in [1.807, 2.05) is 17.0 Å². The highest BCUT2D eigenvalue weighted by Crippen LogP contribution is 2.19. The summed E-state index contributed by atoms with van der Waals surface area (Å²) in [6, 6.07) is 8.15. The van der Waals surface area contributed by atoms with Gasteiger partial charge in [0.05, 0.1) is 12.7 Å². The summed E-state index contributed by atoms with van der Waals surface area (Å²) < 4.78 is 0. The van der Waals surface area contributed by atoms with Gasteiger partial charge in [0.25, 0.3) is 5.91 Å². The molecule has 11 N–H and O–H groups in total. The Balaban J connectivity index is 1.43. The van der Waals surface area contributed by atoms with Crippen molar-refractivity contribution in [3.63, 3.8) is 0 Å². The summed E-state index contributed by atoms with van der Waals surface area (Å²) in [5.74, 6) is -0.0666. The first-order chi connectivity index (χ1) is 21.5. The lowest BCUT2D eigenvalue weighted by Crippen LogP contribution is -2.45. The van der Waals surface area contributed by atoms with Gasteiger partial charge in [0.15, 0.2) is 22.5 Å². The number of amides is 2. The van der Waals surface area contributed by atoms with Crippen LogP contribution in [0.25, 0.3) is 0 Å². The molecule has 15 heteroatoms. The number of anilines is 2. The van der Waals surface area contributed by atoms with Crippen LogP contribution in [0.4, 0.5) is 11.6 Å². The fourth-order valence-electron chi connectivity index (χ4n) is 5.24. The maximum atomic E-state index is 12.8. The Kier molecular flexibility index (Phi) is 14.7. The highest BCUT2D eigenvalue weighted by molar-refractivity contribution is 6.32. The van der Waals surface area contributed by atoms with E-state index in [0.717, 1.165) is 25.8 Å². The van der Waals surface area contributed by atoms with Gasteiger partial charge < -0.3 is 52.7 Å². The number of aryl methyl sites for hydroxylation is 1. The van der Waals surface area contributed by atoms with Crippen molar-refractivity contribution in [3.8, 4) is 0 Å². The summed E-state index contributed by atoms with van der Waals surface area (Å²) in [4.78, 5) is 35.2. The van der Waals surface area contributed by atoms with E-state index in [2.05, 4.69) is 45.0 Å². The standard InChI is InChI=1S/C30H47ClN8O6/c1-18-4-2-3-5-21(18)12-20(15-36-30(45)25-27(31)38-29(33)28(32)37-25)14-35-13-19-7-10-39(11-8-19)24(43)6-9-34-16-22(41)26(44)23(42)17-40/h2-5,19-20,22-23,26,34-35,40-42,44H,6-17H2,1H3,(H2,32,37)(H2,33,38)(H,36,45)/t20?,22-,23+,26+/m0/s1. The molecule has 1 aromatic carbocycles. The maximum Gasteiger partial charge on any atom is 0.273 e. The molecule has 0 saturated carbocycles. The smallest absolute Gasteiger partial charge is 0.273 e. The Morgan fingerprint density at radius 3 is 2.40 bits per heavy atom. The van der Waals surface area contributed by atoms with Crippen LogP contribution in [0.1, 0.15) is 40.9 Å². The molecule has 14 nitrogen and oxygen atoms in total. The van der Waals surface area contributed by atoms with Gasteiger partial charge in [0.1, 0.15) is 12.2 Å². The number of nitrogen functional groups attached to an aromatic ring is 2. The number of hydrogen-bond donors (Lipinski definition) is 9. The highest BCUT2D eigenvalue weighted by atomic mass is 35.5. The molecule has 1 unspecified atom stereocenters. The van der Waals surface area contributed by atoms with Crippen LogP contribution in [0.3, 0.4) is 0 Å². The first-order valence-electron chi connectivity index (χ1n) is 15.3. The topological polar surface area (TPSA) is 232 Å². The van der Waals surface area contributed by atoms with E-state index in [4.69, 9.17) is 28.2 Å². The predicted molar refractivity (Wildman–Crippen MR) is 171 cm³/mol. The van der Waals surface area contributed by atoms with E-state index in [0.29, 0.717) is 38.6 Å². The minimum Gasteiger partial charge on any atom is -0.394 e. The van der Waals surface area contributed by atoms with Crippen molar-refractivity contribution in [3.05, 3.63) is 46.2 Å². The third kappa shape index (κ3) is 11.3. The summed E-state index contributed by atoms with van der Waals surface area (Å²) in [6.07, 6.45) is -1.41. The lowest BCUT2D eigenvalue weighted by atomic mass is 9.94. The van der Waals surface area contributed by atoms with Crippen molar-refractivity contribution >= 4 is 35.1 Å². The molecule has 1 aliphatic heterocycles. The second kappa shape index (κ2) is 18.1. The van der Waals surface area contributed by atoms with Crippen molar-refractivity contribution in [1.82, 2.24) is 30.8 Å². The summed E-state index contributed by atoms with van der Waals surface area (Å²) in [5, 5.41) is 47.1. The Hall–Kier alpha value is -3.11. The molecule has 2 aromatic rings. The molecule has 0 radical (unpaired) electrons. The van der Waals surface area contributed by atoms with Crippen LogP contribution in [0.5, 0.6) is 0 Å². The molecule has 0 spiro atoms. The third-order valence-corrected chi connectivity index (χ3v) is 8.39. The van der Waals surface area contributed by atoms with Gasteiger partial charge >= 0.3 is 0 Å². The van der Waals surface area contributed by atoms with E-state index >= 15 is 0 Å². The molecular formula is C30H47ClN8O6. The summed E-state index contributed by atoms with van der Waals surface area (Å²) in [7, 11) is 0. The number of aromatic nitrogens is 2. The third-order valence-electron chi connectivity index (χ3n) is 8.12. The second-order valence-electron chi connectivity index (χ2n) is 11.6. The molecule has 3 rings (SSSR count). The van der Waals surface area contributed by atoms with Crippen LogP contribution < -0.4 is 27.4 Å². The molecule has 1 aliphatic rings. The monoisotopic (exact) mass is 650 g/mol. The zero-order valence-corrected chi connectivity index (χ0v) is 26.4. The zero-order valence-electron chi connectivity index (χ0n) is 25.7. The quantitative estimate of drug-likeness (QED) is 0.0946. The van der Waals surface area contributed by atoms with Gasteiger partial charge in [0, 0.05) is 39.1 Å². The Bertz CT molecular complexity index is 1250. The number of nitrogens with two attached hydrogens (primary N) is 2. The van der Waals surface area contributed by atoms with Gasteiger partial charge in [0.2, 0.25) is 5.91 Å². The lowest BCUT2D eigenvalue weighted by molar-refractivity contribution is -0.132. The maximum absolute atomic E-state index is 12.8. The van der Waals surface area contributed by atoms with Crippen LogP contribution in [0.2, 0.25) is 5.15 Å². The number of nitrogens with one attached hydrogen (secondary N) is 3. The number of aliphatic hydroxyl groups excluding tert-OH is 4. The van der Waals surface area contributed by atoms with E-state index < -0.39 is 30.8 Å². The van der Waals surface area contributed by atoms with Crippen LogP contribution in [0.15, 0.2) is 24.3 Å². The molecule has 4 atom stereocenters. The Morgan fingerprint density at radius 1 is 1.02 bits per heavy atom. The van der Waals surface area contributed by atoms with Crippen molar-refractivity contribution in [1.29, 1.82) is 0 Å². The van der Waals surface area contributed by atoms with Crippen molar-refractivity contribution < 1.29 is 30.0 Å². The lowest BCUT2D eigenvalue weighted by Gasteiger charge is -2.32. The Morgan fingerprint density at radius 2 is 1.71 bits per heavy atom. The average molecular weight is 651 g/mol. The van der Waals surface area contributed by atoms with Gasteiger partial charge in [-0.3, -0.25) is 9.59 Å². The number of aliphatic hydroxyl groups is 4. The number of benzene rings is 1. The van der Waals surface area contributed by atoms with Gasteiger partial charge in [-0.1, -0.05) is 35.9 Å². The van der Waals surface area contributed by atoms with Crippen molar-refractivity contribution in [2.24, 2.45) is 11.8 Å². The van der Waals surface area contributed by atoms with Gasteiger partial charge in [-0.05, 0) is 62.2 Å². The molecule has 0 aliphatic carbocycles. The number of piperidine rings is 1. The van der Waals surface area contributed by atoms with E-state index in [9.17, 15) is 24.9 Å². The van der Waals surface area contributed by atoms with E-state index in [-0.39, 0.29) is 47.3 Å². The minimum absolute atomic E-state index is 0.00831. The van der Waals surface area contributed by atoms with Gasteiger partial charge in [-0.15, -0.1) is 0 Å². The number of rotatable bonds is 17. The molecule has 1 fully saturated rings. The molecule has 2 amide bonds. The first-order valence-corrected chi connectivity index (χ1v) is 15.6. The van der Waals surface area contributed by atoms with Crippen LogP contribution in [-0.4, -0.2) is 118 Å². The molecular weight excluding hydrogens is 604 g/mol. The largest absolute Gasteiger partial charge is 0.394 e. The van der Waals surface area contributed by atoms with E-state index in [1.165, 1.54) is 11.1 Å². The van der Waals surface area contributed by atoms with Crippen LogP contribution in [-0.2, 0) is 11.2 Å². The summed E-state index contributed by atoms with van der Waals surface area (Å²) in [5.41, 5.74) is 13.7. The number of halogens is 1. The summed E-state index contributed by atoms with van der Waals surface area (Å²) in [6.45, 7) is 4.87. The van der Waals surface area contributed by atoms with Crippen LogP contribution in [0, 0.1) is 18.8 Å². The fraction of sp³-hybridized carbons (Fsp3) is 0.600. The second-order valence-corrected chi connectivity index (χ2v) is 11.9. The highest BCUT2D eigenvalue weighted by Gasteiger charge is 2.25. The molecule has 250 valence electrons. The summed E-state index contributed by atoms with van der Waals surface area (Å²) >= 11 is 6.09. The van der Waals surface area contributed by atoms with Gasteiger partial charge in [-0.2, -0.15) is 0 Å². The number of hydrogen-bond acceptors (Lipinski definition) is 12. The SMILES string of the molecule is Cc1ccccc1CC(CNCC1CCN(C(=O)CCNC[C@H](O)[C@@H](O)[C@H](O)CO)CC1)CNC(=O)c1nc(N)c(N)nc1Cl. The molecule has 0 bridgehead atoms. The number of nitrogens with zero attached hydrogens (tertiary/aromatic N) is 3. The zero-order chi connectivity index (χ0) is 32.9. The Labute approximate surface area is 268 Å². The number of carbonyl (C=O) groups excluding carboxylic acids is 2. The average Bonchev–Trinajstić information content (AvgIpc) is 3.03. The van der Waals surface area contributed by atoms with Crippen LogP contribution >= 0.6 is 11.6 Å². The normalized spacial score (nSPS) is 16.6. The molecule has 2 heterocycles. The van der Waals surface area contributed by atoms with E-state index in [1.54, 1.807) is 0 Å². The molecule has 45 heavy (non-hydrogen) atoms. The molecule has 1 aromatic heterocycles.